The molecule has 0 radical (unpaired) electrons. The van der Waals surface area contributed by atoms with Crippen LogP contribution < -0.4 is 5.32 Å². The fourth-order valence-corrected chi connectivity index (χ4v) is 4.28. The monoisotopic (exact) mass is 424 g/mol. The Kier molecular flexibility index (Phi) is 6.54. The lowest BCUT2D eigenvalue weighted by Gasteiger charge is -2.28. The highest BCUT2D eigenvalue weighted by atomic mass is 35.5. The van der Waals surface area contributed by atoms with Crippen molar-refractivity contribution in [1.82, 2.24) is 10.2 Å². The van der Waals surface area contributed by atoms with Crippen LogP contribution in [0.1, 0.15) is 47.8 Å². The van der Waals surface area contributed by atoms with Crippen molar-refractivity contribution in [2.45, 2.75) is 38.5 Å². The number of carbonyl (C=O) groups excluding carboxylic acids is 1. The Labute approximate surface area is 173 Å². The van der Waals surface area contributed by atoms with Gasteiger partial charge in [0, 0.05) is 19.1 Å². The summed E-state index contributed by atoms with van der Waals surface area (Å²) in [4.78, 5) is 15.2. The van der Waals surface area contributed by atoms with Gasteiger partial charge in [-0.15, -0.1) is 0 Å². The van der Waals surface area contributed by atoms with Gasteiger partial charge in [0.15, 0.2) is 0 Å². The third-order valence-corrected chi connectivity index (χ3v) is 5.79. The molecule has 3 atom stereocenters. The second-order valence-electron chi connectivity index (χ2n) is 7.75. The molecule has 2 unspecified atom stereocenters. The predicted octanol–water partition coefficient (Wildman–Crippen LogP) is 5.56. The first-order valence-electron chi connectivity index (χ1n) is 9.62. The van der Waals surface area contributed by atoms with Crippen LogP contribution in [0.3, 0.4) is 0 Å². The lowest BCUT2D eigenvalue weighted by molar-refractivity contribution is -0.137. The summed E-state index contributed by atoms with van der Waals surface area (Å²) in [6.07, 6.45) is -3.54. The van der Waals surface area contributed by atoms with E-state index in [4.69, 9.17) is 11.6 Å². The molecule has 1 N–H and O–H groups in total. The van der Waals surface area contributed by atoms with E-state index in [9.17, 15) is 18.0 Å². The topological polar surface area (TPSA) is 32.3 Å². The number of likely N-dealkylation sites (tertiary alicyclic amines) is 1. The van der Waals surface area contributed by atoms with Crippen LogP contribution in [-0.2, 0) is 6.18 Å². The standard InChI is InChI=1S/C22H24ClF3N2O/c1-14-11-15(2)28(12-14)13-19(16-7-4-3-5-8-16)27-21(29)17-9-6-10-18(20(17)23)22(24,25)26/h3-10,14-15,19H,11-13H2,1-2H3,(H,27,29)/t14?,15?,19-/m1/s1. The van der Waals surface area contributed by atoms with E-state index in [0.29, 0.717) is 18.5 Å². The number of halogens is 4. The van der Waals surface area contributed by atoms with Gasteiger partial charge in [0.05, 0.1) is 22.2 Å². The number of nitrogens with zero attached hydrogens (tertiary/aromatic N) is 1. The highest BCUT2D eigenvalue weighted by molar-refractivity contribution is 6.34. The van der Waals surface area contributed by atoms with Crippen molar-refractivity contribution in [1.29, 1.82) is 0 Å². The maximum atomic E-state index is 13.1. The van der Waals surface area contributed by atoms with Crippen LogP contribution in [0.4, 0.5) is 13.2 Å². The zero-order valence-corrected chi connectivity index (χ0v) is 17.1. The predicted molar refractivity (Wildman–Crippen MR) is 108 cm³/mol. The Morgan fingerprint density at radius 3 is 2.45 bits per heavy atom. The van der Waals surface area contributed by atoms with Crippen molar-refractivity contribution in [3.05, 3.63) is 70.2 Å². The molecule has 3 nitrogen and oxygen atoms in total. The van der Waals surface area contributed by atoms with Crippen LogP contribution in [0.2, 0.25) is 5.02 Å². The van der Waals surface area contributed by atoms with E-state index >= 15 is 0 Å². The molecule has 7 heteroatoms. The second-order valence-corrected chi connectivity index (χ2v) is 8.12. The van der Waals surface area contributed by atoms with E-state index in [1.165, 1.54) is 12.1 Å². The number of hydrogen-bond donors (Lipinski definition) is 1. The first-order chi connectivity index (χ1) is 13.7. The number of alkyl halides is 3. The molecule has 1 saturated heterocycles. The molecular formula is C22H24ClF3N2O. The van der Waals surface area contributed by atoms with Crippen molar-refractivity contribution in [2.75, 3.05) is 13.1 Å². The molecule has 0 aromatic heterocycles. The molecule has 0 spiro atoms. The van der Waals surface area contributed by atoms with Gasteiger partial charge in [-0.05, 0) is 37.0 Å². The molecule has 1 aliphatic rings. The lowest BCUT2D eigenvalue weighted by Crippen LogP contribution is -2.39. The summed E-state index contributed by atoms with van der Waals surface area (Å²) < 4.78 is 39.4. The van der Waals surface area contributed by atoms with E-state index in [1.54, 1.807) is 0 Å². The summed E-state index contributed by atoms with van der Waals surface area (Å²) in [6.45, 7) is 5.84. The van der Waals surface area contributed by atoms with Gasteiger partial charge in [-0.1, -0.05) is 54.9 Å². The zero-order valence-electron chi connectivity index (χ0n) is 16.3. The third kappa shape index (κ3) is 5.11. The van der Waals surface area contributed by atoms with Crippen LogP contribution in [-0.4, -0.2) is 29.9 Å². The summed E-state index contributed by atoms with van der Waals surface area (Å²) in [7, 11) is 0. The van der Waals surface area contributed by atoms with Crippen molar-refractivity contribution in [3.8, 4) is 0 Å². The smallest absolute Gasteiger partial charge is 0.344 e. The molecule has 29 heavy (non-hydrogen) atoms. The van der Waals surface area contributed by atoms with Gasteiger partial charge in [0.2, 0.25) is 0 Å². The van der Waals surface area contributed by atoms with Crippen LogP contribution in [0.15, 0.2) is 48.5 Å². The van der Waals surface area contributed by atoms with Gasteiger partial charge in [-0.25, -0.2) is 0 Å². The molecule has 1 amide bonds. The van der Waals surface area contributed by atoms with E-state index in [2.05, 4.69) is 24.1 Å². The average molecular weight is 425 g/mol. The zero-order chi connectivity index (χ0) is 21.2. The maximum absolute atomic E-state index is 13.1. The number of amides is 1. The third-order valence-electron chi connectivity index (χ3n) is 5.39. The van der Waals surface area contributed by atoms with E-state index < -0.39 is 22.7 Å². The molecule has 2 aromatic carbocycles. The molecule has 3 rings (SSSR count). The van der Waals surface area contributed by atoms with E-state index in [-0.39, 0.29) is 11.6 Å². The molecule has 1 fully saturated rings. The van der Waals surface area contributed by atoms with Crippen molar-refractivity contribution in [3.63, 3.8) is 0 Å². The van der Waals surface area contributed by atoms with Gasteiger partial charge < -0.3 is 5.32 Å². The minimum atomic E-state index is -4.62. The van der Waals surface area contributed by atoms with Crippen LogP contribution in [0.25, 0.3) is 0 Å². The number of hydrogen-bond acceptors (Lipinski definition) is 2. The maximum Gasteiger partial charge on any atom is 0.417 e. The fraction of sp³-hybridized carbons (Fsp3) is 0.409. The first-order valence-corrected chi connectivity index (χ1v) is 10.00. The SMILES string of the molecule is CC1CC(C)N(C[C@@H](NC(=O)c2cccc(C(F)(F)F)c2Cl)c2ccccc2)C1. The highest BCUT2D eigenvalue weighted by Crippen LogP contribution is 2.36. The summed E-state index contributed by atoms with van der Waals surface area (Å²) in [5.41, 5.74) is -0.286. The molecule has 156 valence electrons. The van der Waals surface area contributed by atoms with Crippen molar-refractivity contribution >= 4 is 17.5 Å². The summed E-state index contributed by atoms with van der Waals surface area (Å²) in [5, 5.41) is 2.32. The Balaban J connectivity index is 1.86. The Morgan fingerprint density at radius 1 is 1.17 bits per heavy atom. The van der Waals surface area contributed by atoms with Gasteiger partial charge in [-0.3, -0.25) is 9.69 Å². The van der Waals surface area contributed by atoms with Crippen molar-refractivity contribution in [2.24, 2.45) is 5.92 Å². The van der Waals surface area contributed by atoms with E-state index in [1.807, 2.05) is 30.3 Å². The Morgan fingerprint density at radius 2 is 1.86 bits per heavy atom. The minimum absolute atomic E-state index is 0.176. The quantitative estimate of drug-likeness (QED) is 0.681. The first kappa shape index (κ1) is 21.7. The summed E-state index contributed by atoms with van der Waals surface area (Å²) in [6, 6.07) is 12.9. The second kappa shape index (κ2) is 8.76. The number of benzene rings is 2. The molecule has 0 aliphatic carbocycles. The largest absolute Gasteiger partial charge is 0.417 e. The average Bonchev–Trinajstić information content (AvgIpc) is 2.98. The van der Waals surface area contributed by atoms with Crippen LogP contribution >= 0.6 is 11.6 Å². The normalized spacial score (nSPS) is 21.2. The van der Waals surface area contributed by atoms with Gasteiger partial charge >= 0.3 is 6.18 Å². The molecule has 0 saturated carbocycles. The summed E-state index contributed by atoms with van der Waals surface area (Å²) in [5.74, 6) is -0.0510. The Bertz CT molecular complexity index is 857. The molecule has 1 aliphatic heterocycles. The minimum Gasteiger partial charge on any atom is -0.344 e. The number of carbonyl (C=O) groups is 1. The molecular weight excluding hydrogens is 401 g/mol. The lowest BCUT2D eigenvalue weighted by atomic mass is 10.0. The fourth-order valence-electron chi connectivity index (χ4n) is 3.96. The number of rotatable bonds is 5. The number of nitrogens with one attached hydrogen (secondary N) is 1. The van der Waals surface area contributed by atoms with Gasteiger partial charge in [-0.2, -0.15) is 13.2 Å². The Hall–Kier alpha value is -2.05. The van der Waals surface area contributed by atoms with Crippen LogP contribution in [0.5, 0.6) is 0 Å². The molecule has 1 heterocycles. The molecule has 0 bridgehead atoms. The van der Waals surface area contributed by atoms with Crippen LogP contribution in [0, 0.1) is 5.92 Å². The van der Waals surface area contributed by atoms with Gasteiger partial charge in [0.25, 0.3) is 5.91 Å². The molecule has 2 aromatic rings. The highest BCUT2D eigenvalue weighted by Gasteiger charge is 2.35. The van der Waals surface area contributed by atoms with E-state index in [0.717, 1.165) is 24.6 Å². The van der Waals surface area contributed by atoms with Crippen molar-refractivity contribution < 1.29 is 18.0 Å². The van der Waals surface area contributed by atoms with Gasteiger partial charge in [0.1, 0.15) is 0 Å². The summed E-state index contributed by atoms with van der Waals surface area (Å²) >= 11 is 5.94.